The van der Waals surface area contributed by atoms with Crippen molar-refractivity contribution in [1.29, 1.82) is 0 Å². The lowest BCUT2D eigenvalue weighted by Gasteiger charge is -2.36. The van der Waals surface area contributed by atoms with Crippen molar-refractivity contribution in [2.24, 2.45) is 17.8 Å². The van der Waals surface area contributed by atoms with Crippen LogP contribution in [0.15, 0.2) is 11.6 Å². The molecule has 152 valence electrons. The minimum atomic E-state index is 0.0317. The highest BCUT2D eigenvalue weighted by Gasteiger charge is 2.34. The van der Waals surface area contributed by atoms with Crippen LogP contribution < -0.4 is 5.32 Å². The van der Waals surface area contributed by atoms with Crippen LogP contribution >= 0.6 is 0 Å². The third-order valence-corrected chi connectivity index (χ3v) is 6.73. The number of nitrogens with one attached hydrogen (secondary N) is 1. The van der Waals surface area contributed by atoms with Crippen LogP contribution in [0.25, 0.3) is 0 Å². The zero-order valence-electron chi connectivity index (χ0n) is 18.0. The van der Waals surface area contributed by atoms with Crippen LogP contribution in [0.1, 0.15) is 79.1 Å². The van der Waals surface area contributed by atoms with Crippen LogP contribution in [-0.2, 0) is 4.79 Å². The summed E-state index contributed by atoms with van der Waals surface area (Å²) < 4.78 is 0. The number of terminal acetylenes is 1. The molecule has 1 heterocycles. The Labute approximate surface area is 167 Å². The van der Waals surface area contributed by atoms with E-state index < -0.39 is 0 Å². The second-order valence-corrected chi connectivity index (χ2v) is 9.11. The number of allylic oxidation sites excluding steroid dienone is 1. The van der Waals surface area contributed by atoms with E-state index in [1.807, 2.05) is 0 Å². The summed E-state index contributed by atoms with van der Waals surface area (Å²) in [6.45, 7) is 11.0. The van der Waals surface area contributed by atoms with Crippen molar-refractivity contribution in [3.8, 4) is 12.3 Å². The first-order valence-electron chi connectivity index (χ1n) is 11.1. The molecule has 1 N–H and O–H groups in total. The van der Waals surface area contributed by atoms with Crippen LogP contribution in [-0.4, -0.2) is 36.0 Å². The lowest BCUT2D eigenvalue weighted by atomic mass is 9.75. The molecule has 0 radical (unpaired) electrons. The van der Waals surface area contributed by atoms with E-state index >= 15 is 0 Å². The summed E-state index contributed by atoms with van der Waals surface area (Å²) in [7, 11) is 0. The van der Waals surface area contributed by atoms with E-state index in [0.717, 1.165) is 44.2 Å². The third kappa shape index (κ3) is 6.68. The Hall–Kier alpha value is -1.27. The lowest BCUT2D eigenvalue weighted by molar-refractivity contribution is -0.126. The quantitative estimate of drug-likeness (QED) is 0.491. The maximum absolute atomic E-state index is 13.0. The van der Waals surface area contributed by atoms with Gasteiger partial charge in [-0.2, -0.15) is 0 Å². The van der Waals surface area contributed by atoms with Gasteiger partial charge in [-0.05, 0) is 69.7 Å². The zero-order valence-corrected chi connectivity index (χ0v) is 18.0. The minimum Gasteiger partial charge on any atom is -0.352 e. The summed E-state index contributed by atoms with van der Waals surface area (Å²) in [4.78, 5) is 15.3. The average Bonchev–Trinajstić information content (AvgIpc) is 3.10. The predicted octanol–water partition coefficient (Wildman–Crippen LogP) is 4.78. The highest BCUT2D eigenvalue weighted by atomic mass is 16.2. The number of nitrogens with zero attached hydrogens (tertiary/aromatic N) is 1. The molecular formula is C24H40N2O. The second kappa shape index (κ2) is 10.9. The minimum absolute atomic E-state index is 0.0317. The van der Waals surface area contributed by atoms with Crippen LogP contribution in [0.5, 0.6) is 0 Å². The molecule has 3 heteroatoms. The second-order valence-electron chi connectivity index (χ2n) is 9.11. The highest BCUT2D eigenvalue weighted by molar-refractivity contribution is 5.82. The van der Waals surface area contributed by atoms with E-state index in [2.05, 4.69) is 49.9 Å². The van der Waals surface area contributed by atoms with E-state index in [9.17, 15) is 4.79 Å². The summed E-state index contributed by atoms with van der Waals surface area (Å²) in [5, 5.41) is 3.41. The molecule has 5 atom stereocenters. The smallest absolute Gasteiger partial charge is 0.237 e. The Balaban J connectivity index is 1.84. The summed E-state index contributed by atoms with van der Waals surface area (Å²) in [6, 6.07) is 0.385. The average molecular weight is 373 g/mol. The van der Waals surface area contributed by atoms with Crippen molar-refractivity contribution in [3.63, 3.8) is 0 Å². The Morgan fingerprint density at radius 1 is 1.37 bits per heavy atom. The molecule has 1 saturated carbocycles. The number of rotatable bonds is 8. The van der Waals surface area contributed by atoms with Crippen molar-refractivity contribution < 1.29 is 4.79 Å². The van der Waals surface area contributed by atoms with Crippen molar-refractivity contribution in [1.82, 2.24) is 10.2 Å². The fourth-order valence-electron chi connectivity index (χ4n) is 4.88. The summed E-state index contributed by atoms with van der Waals surface area (Å²) in [5.41, 5.74) is 1.27. The van der Waals surface area contributed by atoms with Gasteiger partial charge in [-0.3, -0.25) is 9.69 Å². The van der Waals surface area contributed by atoms with Gasteiger partial charge >= 0.3 is 0 Å². The normalized spacial score (nSPS) is 30.7. The number of hydrogen-bond acceptors (Lipinski definition) is 2. The molecule has 1 amide bonds. The largest absolute Gasteiger partial charge is 0.352 e. The summed E-state index contributed by atoms with van der Waals surface area (Å²) in [6.07, 6.45) is 16.5. The topological polar surface area (TPSA) is 32.3 Å². The molecule has 2 aliphatic rings. The van der Waals surface area contributed by atoms with Gasteiger partial charge in [0.25, 0.3) is 0 Å². The van der Waals surface area contributed by atoms with Gasteiger partial charge in [0, 0.05) is 19.0 Å². The van der Waals surface area contributed by atoms with E-state index in [-0.39, 0.29) is 11.9 Å². The van der Waals surface area contributed by atoms with Gasteiger partial charge in [-0.25, -0.2) is 0 Å². The summed E-state index contributed by atoms with van der Waals surface area (Å²) >= 11 is 0. The molecule has 1 aliphatic carbocycles. The molecule has 0 bridgehead atoms. The first-order chi connectivity index (χ1) is 12.9. The van der Waals surface area contributed by atoms with Gasteiger partial charge in [0.2, 0.25) is 5.91 Å². The van der Waals surface area contributed by atoms with Crippen LogP contribution in [0, 0.1) is 30.1 Å². The maximum atomic E-state index is 13.0. The molecule has 0 aromatic heterocycles. The zero-order chi connectivity index (χ0) is 19.8. The Morgan fingerprint density at radius 3 is 2.81 bits per heavy atom. The molecule has 27 heavy (non-hydrogen) atoms. The number of carbonyl (C=O) groups excluding carboxylic acids is 1. The lowest BCUT2D eigenvalue weighted by Crippen LogP contribution is -2.50. The highest BCUT2D eigenvalue weighted by Crippen LogP contribution is 2.34. The van der Waals surface area contributed by atoms with Crippen LogP contribution in [0.4, 0.5) is 0 Å². The van der Waals surface area contributed by atoms with Gasteiger partial charge in [-0.1, -0.05) is 38.8 Å². The van der Waals surface area contributed by atoms with Gasteiger partial charge in [0.1, 0.15) is 0 Å². The molecule has 0 spiro atoms. The molecule has 5 unspecified atom stereocenters. The van der Waals surface area contributed by atoms with Gasteiger partial charge in [-0.15, -0.1) is 12.3 Å². The number of amides is 1. The molecule has 0 aromatic rings. The van der Waals surface area contributed by atoms with E-state index in [1.54, 1.807) is 0 Å². The maximum Gasteiger partial charge on any atom is 0.237 e. The monoisotopic (exact) mass is 372 g/mol. The standard InChI is InChI=1S/C24H40N2O/c1-6-8-10-19(4)17-26-14-9-11-23(26)24(27)25-22-13-12-21(16-20(22)5)15-18(3)7-2/h1,10,18,20-23H,7-9,11-17H2,2-5H3,(H,25,27)/b19-10+. The molecule has 1 saturated heterocycles. The molecular weight excluding hydrogens is 332 g/mol. The molecule has 0 aromatic carbocycles. The van der Waals surface area contributed by atoms with Crippen LogP contribution in [0.3, 0.4) is 0 Å². The Morgan fingerprint density at radius 2 is 2.15 bits per heavy atom. The van der Waals surface area contributed by atoms with E-state index in [1.165, 1.54) is 31.3 Å². The van der Waals surface area contributed by atoms with E-state index in [0.29, 0.717) is 18.4 Å². The molecule has 3 nitrogen and oxygen atoms in total. The Kier molecular flexibility index (Phi) is 8.90. The predicted molar refractivity (Wildman–Crippen MR) is 114 cm³/mol. The van der Waals surface area contributed by atoms with Crippen molar-refractivity contribution in [2.75, 3.05) is 13.1 Å². The van der Waals surface area contributed by atoms with Gasteiger partial charge in [0.05, 0.1) is 6.04 Å². The van der Waals surface area contributed by atoms with Gasteiger partial charge < -0.3 is 5.32 Å². The van der Waals surface area contributed by atoms with E-state index in [4.69, 9.17) is 6.42 Å². The first-order valence-corrected chi connectivity index (χ1v) is 11.1. The fourth-order valence-corrected chi connectivity index (χ4v) is 4.88. The third-order valence-electron chi connectivity index (χ3n) is 6.73. The van der Waals surface area contributed by atoms with Crippen molar-refractivity contribution >= 4 is 5.91 Å². The van der Waals surface area contributed by atoms with Crippen molar-refractivity contribution in [2.45, 2.75) is 91.1 Å². The molecule has 2 rings (SSSR count). The number of hydrogen-bond donors (Lipinski definition) is 1. The number of carbonyl (C=O) groups is 1. The molecule has 1 aliphatic heterocycles. The first kappa shape index (κ1) is 22.0. The summed E-state index contributed by atoms with van der Waals surface area (Å²) in [5.74, 6) is 5.16. The number of likely N-dealkylation sites (tertiary alicyclic amines) is 1. The fraction of sp³-hybridized carbons (Fsp3) is 0.792. The van der Waals surface area contributed by atoms with Crippen molar-refractivity contribution in [3.05, 3.63) is 11.6 Å². The van der Waals surface area contributed by atoms with Gasteiger partial charge in [0.15, 0.2) is 0 Å². The SMILES string of the molecule is C#CC/C=C(\C)CN1CCCC1C(=O)NC1CCC(CC(C)CC)CC1C. The van der Waals surface area contributed by atoms with Crippen LogP contribution in [0.2, 0.25) is 0 Å². The molecule has 2 fully saturated rings. The Bertz CT molecular complexity index is 547.